The smallest absolute Gasteiger partial charge is 0.281 e. The maximum Gasteiger partial charge on any atom is 0.281 e. The van der Waals surface area contributed by atoms with Gasteiger partial charge in [0, 0.05) is 29.2 Å². The molecular weight excluding hydrogens is 336 g/mol. The van der Waals surface area contributed by atoms with Crippen molar-refractivity contribution < 1.29 is 9.90 Å². The molecule has 0 aliphatic carbocycles. The molecule has 1 aromatic carbocycles. The molecule has 1 unspecified atom stereocenters. The van der Waals surface area contributed by atoms with Gasteiger partial charge in [0.25, 0.3) is 5.91 Å². The van der Waals surface area contributed by atoms with Crippen molar-refractivity contribution in [3.63, 3.8) is 0 Å². The molecule has 1 amide bonds. The lowest BCUT2D eigenvalue weighted by Crippen LogP contribution is -2.36. The molecule has 2 aromatic heterocycles. The van der Waals surface area contributed by atoms with Crippen LogP contribution < -0.4 is 4.90 Å². The largest absolute Gasteiger partial charge is 0.394 e. The van der Waals surface area contributed by atoms with Crippen molar-refractivity contribution in [2.24, 2.45) is 4.99 Å². The molecule has 7 heteroatoms. The summed E-state index contributed by atoms with van der Waals surface area (Å²) in [4.78, 5) is 26.2. The van der Waals surface area contributed by atoms with Gasteiger partial charge in [0.1, 0.15) is 5.65 Å². The van der Waals surface area contributed by atoms with Gasteiger partial charge < -0.3 is 15.0 Å². The predicted octanol–water partition coefficient (Wildman–Crippen LogP) is 2.67. The first-order valence-electron chi connectivity index (χ1n) is 7.91. The maximum absolute atomic E-state index is 12.7. The number of hydrogen-bond acceptors (Lipinski definition) is 4. The van der Waals surface area contributed by atoms with Crippen LogP contribution in [-0.4, -0.2) is 44.6 Å². The molecule has 2 N–H and O–H groups in total. The number of fused-ring (bicyclic) bond motifs is 1. The standard InChI is InChI=1S/C18H16N4O2S/c23-10-13-11-25-18(22(13)12-5-2-1-3-6-12)21-17(24)15-9-20-16-14(15)7-4-8-19-16/h1-9,13,23H,10-11H2,(H,19,20)/b21-18-. The van der Waals surface area contributed by atoms with Gasteiger partial charge in [-0.25, -0.2) is 4.98 Å². The van der Waals surface area contributed by atoms with Gasteiger partial charge in [-0.3, -0.25) is 4.79 Å². The average molecular weight is 352 g/mol. The van der Waals surface area contributed by atoms with E-state index in [1.54, 1.807) is 18.5 Å². The molecule has 0 saturated carbocycles. The van der Waals surface area contributed by atoms with Crippen LogP contribution in [0.15, 0.2) is 59.9 Å². The van der Waals surface area contributed by atoms with E-state index >= 15 is 0 Å². The third-order valence-corrected chi connectivity index (χ3v) is 5.20. The molecule has 1 aliphatic heterocycles. The molecule has 4 rings (SSSR count). The average Bonchev–Trinajstić information content (AvgIpc) is 3.26. The number of benzene rings is 1. The molecule has 3 aromatic rings. The highest BCUT2D eigenvalue weighted by Gasteiger charge is 2.31. The number of aromatic nitrogens is 2. The second-order valence-corrected chi connectivity index (χ2v) is 6.64. The van der Waals surface area contributed by atoms with Gasteiger partial charge in [-0.15, -0.1) is 0 Å². The Balaban J connectivity index is 1.70. The number of nitrogens with one attached hydrogen (secondary N) is 1. The molecule has 1 aliphatic rings. The first-order valence-corrected chi connectivity index (χ1v) is 8.89. The van der Waals surface area contributed by atoms with Crippen LogP contribution >= 0.6 is 11.8 Å². The SMILES string of the molecule is O=C(/N=C1\SCC(CO)N1c1ccccc1)c1c[nH]c2ncccc12. The Bertz CT molecular complexity index is 938. The molecule has 0 radical (unpaired) electrons. The van der Waals surface area contributed by atoms with E-state index in [-0.39, 0.29) is 18.6 Å². The number of aliphatic hydroxyl groups excluding tert-OH is 1. The first-order chi connectivity index (χ1) is 12.3. The van der Waals surface area contributed by atoms with Crippen LogP contribution in [0.4, 0.5) is 5.69 Å². The van der Waals surface area contributed by atoms with Crippen LogP contribution in [-0.2, 0) is 0 Å². The summed E-state index contributed by atoms with van der Waals surface area (Å²) in [5, 5.41) is 11.0. The van der Waals surface area contributed by atoms with Crippen LogP contribution in [0.3, 0.4) is 0 Å². The number of amides is 1. The third-order valence-electron chi connectivity index (χ3n) is 4.10. The van der Waals surface area contributed by atoms with Crippen LogP contribution in [0, 0.1) is 0 Å². The van der Waals surface area contributed by atoms with Gasteiger partial charge in [0.15, 0.2) is 5.17 Å². The Labute approximate surface area is 148 Å². The van der Waals surface area contributed by atoms with Crippen LogP contribution in [0.25, 0.3) is 11.0 Å². The van der Waals surface area contributed by atoms with Gasteiger partial charge in [-0.1, -0.05) is 30.0 Å². The number of aromatic amines is 1. The minimum absolute atomic E-state index is 0.00606. The number of anilines is 1. The third kappa shape index (κ3) is 2.92. The van der Waals surface area contributed by atoms with E-state index < -0.39 is 0 Å². The number of hydrogen-bond donors (Lipinski definition) is 2. The highest BCUT2D eigenvalue weighted by molar-refractivity contribution is 8.14. The zero-order valence-electron chi connectivity index (χ0n) is 13.3. The van der Waals surface area contributed by atoms with Crippen molar-refractivity contribution in [3.05, 3.63) is 60.4 Å². The Kier molecular flexibility index (Phi) is 4.25. The molecular formula is C18H16N4O2S. The van der Waals surface area contributed by atoms with Gasteiger partial charge >= 0.3 is 0 Å². The Morgan fingerprint density at radius 3 is 2.96 bits per heavy atom. The van der Waals surface area contributed by atoms with Crippen molar-refractivity contribution in [2.75, 3.05) is 17.3 Å². The molecule has 0 spiro atoms. The normalized spacial score (nSPS) is 19.0. The summed E-state index contributed by atoms with van der Waals surface area (Å²) in [5.74, 6) is 0.369. The zero-order chi connectivity index (χ0) is 17.2. The predicted molar refractivity (Wildman–Crippen MR) is 100 cm³/mol. The van der Waals surface area contributed by atoms with Gasteiger partial charge in [0.05, 0.1) is 18.2 Å². The fraction of sp³-hybridized carbons (Fsp3) is 0.167. The summed E-state index contributed by atoms with van der Waals surface area (Å²) in [6.07, 6.45) is 3.31. The number of pyridine rings is 1. The number of aliphatic imine (C=N–C) groups is 1. The number of carbonyl (C=O) groups is 1. The Morgan fingerprint density at radius 2 is 2.16 bits per heavy atom. The number of rotatable bonds is 3. The molecule has 126 valence electrons. The molecule has 6 nitrogen and oxygen atoms in total. The van der Waals surface area contributed by atoms with E-state index in [1.807, 2.05) is 41.3 Å². The molecule has 25 heavy (non-hydrogen) atoms. The summed E-state index contributed by atoms with van der Waals surface area (Å²) in [6.45, 7) is 0.00606. The van der Waals surface area contributed by atoms with Crippen LogP contribution in [0.5, 0.6) is 0 Å². The second-order valence-electron chi connectivity index (χ2n) is 5.65. The fourth-order valence-electron chi connectivity index (χ4n) is 2.88. The van der Waals surface area contributed by atoms with Gasteiger partial charge in [-0.05, 0) is 24.3 Å². The van der Waals surface area contributed by atoms with E-state index in [0.29, 0.717) is 22.1 Å². The van der Waals surface area contributed by atoms with Crippen LogP contribution in [0.1, 0.15) is 10.4 Å². The minimum atomic E-state index is -0.318. The minimum Gasteiger partial charge on any atom is -0.394 e. The fourth-order valence-corrected chi connectivity index (χ4v) is 4.02. The summed E-state index contributed by atoms with van der Waals surface area (Å²) < 4.78 is 0. The van der Waals surface area contributed by atoms with Gasteiger partial charge in [0.2, 0.25) is 0 Å². The van der Waals surface area contributed by atoms with Crippen LogP contribution in [0.2, 0.25) is 0 Å². The summed E-state index contributed by atoms with van der Waals surface area (Å²) in [6, 6.07) is 13.2. The van der Waals surface area contributed by atoms with E-state index in [4.69, 9.17) is 0 Å². The highest BCUT2D eigenvalue weighted by Crippen LogP contribution is 2.30. The number of aliphatic hydroxyl groups is 1. The quantitative estimate of drug-likeness (QED) is 0.757. The van der Waals surface area contributed by atoms with Crippen molar-refractivity contribution in [1.29, 1.82) is 0 Å². The van der Waals surface area contributed by atoms with E-state index in [1.165, 1.54) is 11.8 Å². The molecule has 3 heterocycles. The van der Waals surface area contributed by atoms with Crippen molar-refractivity contribution in [1.82, 2.24) is 9.97 Å². The molecule has 1 saturated heterocycles. The van der Waals surface area contributed by atoms with E-state index in [0.717, 1.165) is 11.1 Å². The number of carbonyl (C=O) groups excluding carboxylic acids is 1. The lowest BCUT2D eigenvalue weighted by molar-refractivity contribution is 0.100. The number of thioether (sulfide) groups is 1. The number of H-pyrrole nitrogens is 1. The summed E-state index contributed by atoms with van der Waals surface area (Å²) in [7, 11) is 0. The number of amidine groups is 1. The monoisotopic (exact) mass is 352 g/mol. The second kappa shape index (κ2) is 6.70. The lowest BCUT2D eigenvalue weighted by atomic mass is 10.2. The Hall–Kier alpha value is -2.64. The number of nitrogens with zero attached hydrogens (tertiary/aromatic N) is 3. The van der Waals surface area contributed by atoms with Crippen molar-refractivity contribution in [2.45, 2.75) is 6.04 Å². The maximum atomic E-state index is 12.7. The summed E-state index contributed by atoms with van der Waals surface area (Å²) in [5.41, 5.74) is 2.08. The topological polar surface area (TPSA) is 81.6 Å². The highest BCUT2D eigenvalue weighted by atomic mass is 32.2. The number of para-hydroxylation sites is 1. The zero-order valence-corrected chi connectivity index (χ0v) is 14.1. The molecule has 0 bridgehead atoms. The summed E-state index contributed by atoms with van der Waals surface area (Å²) >= 11 is 1.48. The Morgan fingerprint density at radius 1 is 1.32 bits per heavy atom. The van der Waals surface area contributed by atoms with Gasteiger partial charge in [-0.2, -0.15) is 4.99 Å². The lowest BCUT2D eigenvalue weighted by Gasteiger charge is -2.24. The van der Waals surface area contributed by atoms with Crippen molar-refractivity contribution in [3.8, 4) is 0 Å². The van der Waals surface area contributed by atoms with Crippen molar-refractivity contribution >= 4 is 39.6 Å². The molecule has 1 atom stereocenters. The van der Waals surface area contributed by atoms with E-state index in [2.05, 4.69) is 15.0 Å². The first kappa shape index (κ1) is 15.9. The molecule has 1 fully saturated rings. The van der Waals surface area contributed by atoms with E-state index in [9.17, 15) is 9.90 Å².